The molecule has 2 heterocycles. The lowest BCUT2D eigenvalue weighted by molar-refractivity contribution is 0.0628. The van der Waals surface area contributed by atoms with Crippen molar-refractivity contribution in [2.75, 3.05) is 39.3 Å². The van der Waals surface area contributed by atoms with Gasteiger partial charge in [0, 0.05) is 51.4 Å². The van der Waals surface area contributed by atoms with Crippen molar-refractivity contribution in [3.8, 4) is 0 Å². The highest BCUT2D eigenvalue weighted by atomic mass is 32.2. The summed E-state index contributed by atoms with van der Waals surface area (Å²) in [5.74, 6) is -0.0398. The maximum atomic E-state index is 12.8. The predicted molar refractivity (Wildman–Crippen MR) is 112 cm³/mol. The minimum absolute atomic E-state index is 0.0398. The fraction of sp³-hybridized carbons (Fsp3) is 0.450. The van der Waals surface area contributed by atoms with Crippen LogP contribution in [0.5, 0.6) is 0 Å². The van der Waals surface area contributed by atoms with Crippen molar-refractivity contribution in [1.29, 1.82) is 0 Å². The Bertz CT molecular complexity index is 868. The van der Waals surface area contributed by atoms with E-state index in [1.165, 1.54) is 22.0 Å². The molecule has 1 saturated heterocycles. The second-order valence-corrected chi connectivity index (χ2v) is 9.53. The minimum Gasteiger partial charge on any atom is -0.336 e. The zero-order valence-electron chi connectivity index (χ0n) is 16.4. The molecule has 0 aliphatic carbocycles. The van der Waals surface area contributed by atoms with Crippen molar-refractivity contribution in [1.82, 2.24) is 14.1 Å². The molecular weight excluding hydrogens is 394 g/mol. The minimum atomic E-state index is -3.50. The van der Waals surface area contributed by atoms with E-state index in [1.807, 2.05) is 18.7 Å². The highest BCUT2D eigenvalue weighted by molar-refractivity contribution is 7.89. The number of carbonyl (C=O) groups excluding carboxylic acids is 1. The number of nitrogens with zero attached hydrogens (tertiary/aromatic N) is 3. The molecule has 0 bridgehead atoms. The molecule has 1 aliphatic heterocycles. The molecule has 0 N–H and O–H groups in total. The predicted octanol–water partition coefficient (Wildman–Crippen LogP) is 2.74. The van der Waals surface area contributed by atoms with Crippen molar-refractivity contribution >= 4 is 27.3 Å². The quantitative estimate of drug-likeness (QED) is 0.690. The number of thiophene rings is 1. The van der Waals surface area contributed by atoms with Crippen LogP contribution in [0.4, 0.5) is 0 Å². The molecule has 1 aromatic heterocycles. The van der Waals surface area contributed by atoms with Gasteiger partial charge in [-0.2, -0.15) is 15.6 Å². The first-order valence-corrected chi connectivity index (χ1v) is 12.0. The van der Waals surface area contributed by atoms with Crippen LogP contribution in [0.3, 0.4) is 0 Å². The van der Waals surface area contributed by atoms with Crippen molar-refractivity contribution in [2.45, 2.75) is 25.3 Å². The van der Waals surface area contributed by atoms with Gasteiger partial charge in [0.25, 0.3) is 5.91 Å². The molecule has 152 valence electrons. The third-order valence-electron chi connectivity index (χ3n) is 5.09. The van der Waals surface area contributed by atoms with E-state index < -0.39 is 10.0 Å². The molecule has 0 radical (unpaired) electrons. The third-order valence-corrected chi connectivity index (χ3v) is 7.89. The first-order chi connectivity index (χ1) is 13.5. The first-order valence-electron chi connectivity index (χ1n) is 9.58. The second kappa shape index (κ2) is 9.17. The molecule has 0 atom stereocenters. The van der Waals surface area contributed by atoms with Gasteiger partial charge in [-0.05, 0) is 46.7 Å². The molecule has 0 saturated carbocycles. The Morgan fingerprint density at radius 1 is 1.04 bits per heavy atom. The molecule has 28 heavy (non-hydrogen) atoms. The van der Waals surface area contributed by atoms with E-state index >= 15 is 0 Å². The first kappa shape index (κ1) is 21.0. The Balaban J connectivity index is 1.61. The van der Waals surface area contributed by atoms with Crippen molar-refractivity contribution in [3.05, 3.63) is 52.2 Å². The molecule has 1 aromatic carbocycles. The average Bonchev–Trinajstić information content (AvgIpc) is 3.22. The lowest BCUT2D eigenvalue weighted by atomic mass is 10.2. The maximum absolute atomic E-state index is 12.8. The van der Waals surface area contributed by atoms with Gasteiger partial charge in [0.1, 0.15) is 0 Å². The van der Waals surface area contributed by atoms with Gasteiger partial charge in [-0.1, -0.05) is 13.8 Å². The molecule has 1 fully saturated rings. The molecule has 8 heteroatoms. The number of sulfonamides is 1. The zero-order valence-corrected chi connectivity index (χ0v) is 18.0. The van der Waals surface area contributed by atoms with Crippen LogP contribution in [0.2, 0.25) is 0 Å². The molecular formula is C20H27N3O3S2. The van der Waals surface area contributed by atoms with Crippen LogP contribution in [-0.4, -0.2) is 67.7 Å². The fourth-order valence-corrected chi connectivity index (χ4v) is 5.53. The van der Waals surface area contributed by atoms with E-state index in [2.05, 4.69) is 21.7 Å². The smallest absolute Gasteiger partial charge is 0.253 e. The summed E-state index contributed by atoms with van der Waals surface area (Å²) in [4.78, 5) is 17.2. The Hall–Kier alpha value is -1.74. The number of carbonyl (C=O) groups is 1. The summed E-state index contributed by atoms with van der Waals surface area (Å²) in [6, 6.07) is 8.45. The maximum Gasteiger partial charge on any atom is 0.253 e. The Labute approximate surface area is 171 Å². The summed E-state index contributed by atoms with van der Waals surface area (Å²) in [6.45, 7) is 8.46. The lowest BCUT2D eigenvalue weighted by Crippen LogP contribution is -2.48. The molecule has 0 spiro atoms. The lowest BCUT2D eigenvalue weighted by Gasteiger charge is -2.34. The van der Waals surface area contributed by atoms with Crippen LogP contribution < -0.4 is 0 Å². The van der Waals surface area contributed by atoms with Crippen molar-refractivity contribution in [3.63, 3.8) is 0 Å². The normalized spacial score (nSPS) is 15.9. The molecule has 1 amide bonds. The summed E-state index contributed by atoms with van der Waals surface area (Å²) in [5.41, 5.74) is 1.85. The summed E-state index contributed by atoms with van der Waals surface area (Å²) >= 11 is 1.70. The van der Waals surface area contributed by atoms with Gasteiger partial charge < -0.3 is 4.90 Å². The SMILES string of the molecule is CCN(CC)S(=O)(=O)c1ccc(C(=O)N2CCN(Cc3ccsc3)CC2)cc1. The summed E-state index contributed by atoms with van der Waals surface area (Å²) in [7, 11) is -3.50. The van der Waals surface area contributed by atoms with Crippen molar-refractivity contribution < 1.29 is 13.2 Å². The summed E-state index contributed by atoms with van der Waals surface area (Å²) < 4.78 is 26.6. The van der Waals surface area contributed by atoms with Gasteiger partial charge in [-0.3, -0.25) is 9.69 Å². The van der Waals surface area contributed by atoms with Gasteiger partial charge in [0.05, 0.1) is 4.90 Å². The second-order valence-electron chi connectivity index (χ2n) is 6.81. The Morgan fingerprint density at radius 3 is 2.21 bits per heavy atom. The molecule has 1 aliphatic rings. The van der Waals surface area contributed by atoms with Gasteiger partial charge in [-0.15, -0.1) is 0 Å². The van der Waals surface area contributed by atoms with Gasteiger partial charge in [0.15, 0.2) is 0 Å². The standard InChI is InChI=1S/C20H27N3O3S2/c1-3-23(4-2)28(25,26)19-7-5-18(6-8-19)20(24)22-12-10-21(11-13-22)15-17-9-14-27-16-17/h5-9,14,16H,3-4,10-13,15H2,1-2H3. The molecule has 3 rings (SSSR count). The van der Waals surface area contributed by atoms with E-state index in [9.17, 15) is 13.2 Å². The van der Waals surface area contributed by atoms with Gasteiger partial charge in [-0.25, -0.2) is 8.42 Å². The largest absolute Gasteiger partial charge is 0.336 e. The number of hydrogen-bond acceptors (Lipinski definition) is 5. The van der Waals surface area contributed by atoms with Crippen LogP contribution in [0.15, 0.2) is 46.0 Å². The van der Waals surface area contributed by atoms with Gasteiger partial charge in [0.2, 0.25) is 10.0 Å². The van der Waals surface area contributed by atoms with Crippen molar-refractivity contribution in [2.24, 2.45) is 0 Å². The van der Waals surface area contributed by atoms with E-state index in [-0.39, 0.29) is 10.8 Å². The van der Waals surface area contributed by atoms with Crippen LogP contribution in [-0.2, 0) is 16.6 Å². The Morgan fingerprint density at radius 2 is 1.68 bits per heavy atom. The highest BCUT2D eigenvalue weighted by Crippen LogP contribution is 2.18. The zero-order chi connectivity index (χ0) is 20.1. The van der Waals surface area contributed by atoms with Crippen LogP contribution in [0.1, 0.15) is 29.8 Å². The number of piperazine rings is 1. The number of rotatable bonds is 7. The molecule has 2 aromatic rings. The number of benzene rings is 1. The summed E-state index contributed by atoms with van der Waals surface area (Å²) in [5, 5.41) is 4.24. The van der Waals surface area contributed by atoms with E-state index in [4.69, 9.17) is 0 Å². The van der Waals surface area contributed by atoms with Crippen LogP contribution in [0, 0.1) is 0 Å². The van der Waals surface area contributed by atoms with E-state index in [0.29, 0.717) is 31.7 Å². The van der Waals surface area contributed by atoms with E-state index in [1.54, 1.807) is 23.5 Å². The number of amides is 1. The summed E-state index contributed by atoms with van der Waals surface area (Å²) in [6.07, 6.45) is 0. The van der Waals surface area contributed by atoms with Crippen LogP contribution in [0.25, 0.3) is 0 Å². The molecule has 6 nitrogen and oxygen atoms in total. The monoisotopic (exact) mass is 421 g/mol. The Kier molecular flexibility index (Phi) is 6.87. The third kappa shape index (κ3) is 4.63. The fourth-order valence-electron chi connectivity index (χ4n) is 3.41. The topological polar surface area (TPSA) is 60.9 Å². The average molecular weight is 422 g/mol. The van der Waals surface area contributed by atoms with Gasteiger partial charge >= 0.3 is 0 Å². The highest BCUT2D eigenvalue weighted by Gasteiger charge is 2.24. The van der Waals surface area contributed by atoms with E-state index in [0.717, 1.165) is 19.6 Å². The molecule has 0 unspecified atom stereocenters. The van der Waals surface area contributed by atoms with Crippen LogP contribution >= 0.6 is 11.3 Å². The number of hydrogen-bond donors (Lipinski definition) is 0.